The molecular weight excluding hydrogens is 233 g/mol. The standard InChI is InChI=1S/C11H11ClFNO2/c12-6-1-3-10(8(13)5-6)14-9-4-2-7(9)11(15)16/h1,3,5,7,9,14H,2,4H2,(H,15,16). The molecule has 0 saturated heterocycles. The number of benzene rings is 1. The molecule has 1 saturated carbocycles. The zero-order valence-electron chi connectivity index (χ0n) is 8.41. The van der Waals surface area contributed by atoms with Crippen LogP contribution in [0, 0.1) is 11.7 Å². The van der Waals surface area contributed by atoms with Gasteiger partial charge in [0.15, 0.2) is 0 Å². The molecule has 2 atom stereocenters. The molecule has 1 aliphatic rings. The van der Waals surface area contributed by atoms with Gasteiger partial charge in [-0.15, -0.1) is 0 Å². The molecule has 16 heavy (non-hydrogen) atoms. The van der Waals surface area contributed by atoms with Gasteiger partial charge in [-0.1, -0.05) is 11.6 Å². The number of carboxylic acid groups (broad SMARTS) is 1. The Bertz CT molecular complexity index is 424. The first-order valence-electron chi connectivity index (χ1n) is 5.02. The van der Waals surface area contributed by atoms with E-state index in [1.807, 2.05) is 0 Å². The molecular formula is C11H11ClFNO2. The van der Waals surface area contributed by atoms with Crippen LogP contribution in [0.15, 0.2) is 18.2 Å². The van der Waals surface area contributed by atoms with Crippen LogP contribution in [0.2, 0.25) is 5.02 Å². The molecule has 0 bridgehead atoms. The Balaban J connectivity index is 2.07. The van der Waals surface area contributed by atoms with Crippen LogP contribution in [0.25, 0.3) is 0 Å². The minimum Gasteiger partial charge on any atom is -0.481 e. The second-order valence-corrected chi connectivity index (χ2v) is 4.33. The van der Waals surface area contributed by atoms with Crippen molar-refractivity contribution in [2.24, 2.45) is 5.92 Å². The minimum atomic E-state index is -0.835. The van der Waals surface area contributed by atoms with Gasteiger partial charge in [-0.05, 0) is 31.0 Å². The van der Waals surface area contributed by atoms with E-state index in [4.69, 9.17) is 16.7 Å². The van der Waals surface area contributed by atoms with Crippen LogP contribution in [0.3, 0.4) is 0 Å². The Morgan fingerprint density at radius 2 is 2.25 bits per heavy atom. The summed E-state index contributed by atoms with van der Waals surface area (Å²) in [6.07, 6.45) is 1.39. The molecule has 1 aromatic carbocycles. The SMILES string of the molecule is O=C(O)C1CCC1Nc1ccc(Cl)cc1F. The Morgan fingerprint density at radius 3 is 2.75 bits per heavy atom. The number of hydrogen-bond acceptors (Lipinski definition) is 2. The summed E-state index contributed by atoms with van der Waals surface area (Å²) in [5, 5.41) is 12.1. The van der Waals surface area contributed by atoms with Gasteiger partial charge in [0.05, 0.1) is 11.6 Å². The highest BCUT2D eigenvalue weighted by Crippen LogP contribution is 2.31. The monoisotopic (exact) mass is 243 g/mol. The summed E-state index contributed by atoms with van der Waals surface area (Å²) >= 11 is 5.62. The van der Waals surface area contributed by atoms with Gasteiger partial charge in [-0.2, -0.15) is 0 Å². The summed E-state index contributed by atoms with van der Waals surface area (Å²) in [7, 11) is 0. The molecule has 1 aliphatic carbocycles. The number of aliphatic carboxylic acids is 1. The van der Waals surface area contributed by atoms with Gasteiger partial charge in [-0.25, -0.2) is 4.39 Å². The van der Waals surface area contributed by atoms with Crippen molar-refractivity contribution in [3.63, 3.8) is 0 Å². The van der Waals surface area contributed by atoms with Crippen molar-refractivity contribution in [1.29, 1.82) is 0 Å². The van der Waals surface area contributed by atoms with Crippen LogP contribution >= 0.6 is 11.6 Å². The number of halogens is 2. The van der Waals surface area contributed by atoms with E-state index in [0.29, 0.717) is 17.1 Å². The first kappa shape index (κ1) is 11.2. The molecule has 0 radical (unpaired) electrons. The number of hydrogen-bond donors (Lipinski definition) is 2. The van der Waals surface area contributed by atoms with Gasteiger partial charge in [0.1, 0.15) is 5.82 Å². The summed E-state index contributed by atoms with van der Waals surface area (Å²) in [6, 6.07) is 4.11. The normalized spacial score (nSPS) is 23.6. The van der Waals surface area contributed by atoms with Gasteiger partial charge in [-0.3, -0.25) is 4.79 Å². The average molecular weight is 244 g/mol. The third-order valence-electron chi connectivity index (χ3n) is 2.86. The molecule has 1 aromatic rings. The highest BCUT2D eigenvalue weighted by Gasteiger charge is 2.36. The third-order valence-corrected chi connectivity index (χ3v) is 3.10. The van der Waals surface area contributed by atoms with Crippen LogP contribution < -0.4 is 5.32 Å². The van der Waals surface area contributed by atoms with Crippen molar-refractivity contribution in [2.45, 2.75) is 18.9 Å². The fourth-order valence-corrected chi connectivity index (χ4v) is 1.93. The maximum atomic E-state index is 13.4. The predicted molar refractivity (Wildman–Crippen MR) is 59.2 cm³/mol. The second-order valence-electron chi connectivity index (χ2n) is 3.90. The van der Waals surface area contributed by atoms with Crippen molar-refractivity contribution in [1.82, 2.24) is 0 Å². The maximum Gasteiger partial charge on any atom is 0.308 e. The van der Waals surface area contributed by atoms with Crippen LogP contribution in [-0.2, 0) is 4.79 Å². The van der Waals surface area contributed by atoms with Crippen molar-refractivity contribution >= 4 is 23.3 Å². The number of anilines is 1. The van der Waals surface area contributed by atoms with E-state index in [-0.39, 0.29) is 6.04 Å². The first-order valence-corrected chi connectivity index (χ1v) is 5.40. The third kappa shape index (κ3) is 2.11. The summed E-state index contributed by atoms with van der Waals surface area (Å²) in [6.45, 7) is 0. The zero-order valence-corrected chi connectivity index (χ0v) is 9.17. The zero-order chi connectivity index (χ0) is 11.7. The van der Waals surface area contributed by atoms with E-state index in [2.05, 4.69) is 5.32 Å². The molecule has 0 aliphatic heterocycles. The minimum absolute atomic E-state index is 0.187. The van der Waals surface area contributed by atoms with E-state index >= 15 is 0 Å². The Labute approximate surface area is 97.2 Å². The second kappa shape index (κ2) is 4.29. The van der Waals surface area contributed by atoms with E-state index in [1.165, 1.54) is 12.1 Å². The fourth-order valence-electron chi connectivity index (χ4n) is 1.77. The lowest BCUT2D eigenvalue weighted by atomic mass is 9.79. The summed E-state index contributed by atoms with van der Waals surface area (Å²) in [5.41, 5.74) is 0.306. The van der Waals surface area contributed by atoms with Crippen molar-refractivity contribution in [3.8, 4) is 0 Å². The van der Waals surface area contributed by atoms with Crippen molar-refractivity contribution < 1.29 is 14.3 Å². The Kier molecular flexibility index (Phi) is 3.01. The number of nitrogens with one attached hydrogen (secondary N) is 1. The van der Waals surface area contributed by atoms with E-state index in [0.717, 1.165) is 6.42 Å². The van der Waals surface area contributed by atoms with E-state index in [1.54, 1.807) is 6.07 Å². The van der Waals surface area contributed by atoms with Crippen molar-refractivity contribution in [3.05, 3.63) is 29.0 Å². The molecule has 0 aromatic heterocycles. The molecule has 5 heteroatoms. The Morgan fingerprint density at radius 1 is 1.50 bits per heavy atom. The Hall–Kier alpha value is -1.29. The van der Waals surface area contributed by atoms with Gasteiger partial charge in [0.2, 0.25) is 0 Å². The molecule has 86 valence electrons. The topological polar surface area (TPSA) is 49.3 Å². The number of carboxylic acids is 1. The average Bonchev–Trinajstić information content (AvgIpc) is 2.13. The summed E-state index contributed by atoms with van der Waals surface area (Å²) in [4.78, 5) is 10.8. The molecule has 0 heterocycles. The molecule has 0 amide bonds. The summed E-state index contributed by atoms with van der Waals surface area (Å²) < 4.78 is 13.4. The molecule has 3 nitrogen and oxygen atoms in total. The predicted octanol–water partition coefficient (Wildman–Crippen LogP) is 2.75. The lowest BCUT2D eigenvalue weighted by Crippen LogP contribution is -2.43. The molecule has 2 rings (SSSR count). The quantitative estimate of drug-likeness (QED) is 0.858. The van der Waals surface area contributed by atoms with E-state index < -0.39 is 17.7 Å². The molecule has 1 fully saturated rings. The van der Waals surface area contributed by atoms with Gasteiger partial charge in [0, 0.05) is 11.1 Å². The van der Waals surface area contributed by atoms with E-state index in [9.17, 15) is 9.18 Å². The highest BCUT2D eigenvalue weighted by molar-refractivity contribution is 6.30. The van der Waals surface area contributed by atoms with Gasteiger partial charge >= 0.3 is 5.97 Å². The lowest BCUT2D eigenvalue weighted by molar-refractivity contribution is -0.144. The van der Waals surface area contributed by atoms with Crippen LogP contribution in [0.4, 0.5) is 10.1 Å². The van der Waals surface area contributed by atoms with Gasteiger partial charge < -0.3 is 10.4 Å². The largest absolute Gasteiger partial charge is 0.481 e. The molecule has 2 unspecified atom stereocenters. The highest BCUT2D eigenvalue weighted by atomic mass is 35.5. The summed E-state index contributed by atoms with van der Waals surface area (Å²) in [5.74, 6) is -1.71. The van der Waals surface area contributed by atoms with Crippen LogP contribution in [-0.4, -0.2) is 17.1 Å². The van der Waals surface area contributed by atoms with Crippen LogP contribution in [0.5, 0.6) is 0 Å². The van der Waals surface area contributed by atoms with Gasteiger partial charge in [0.25, 0.3) is 0 Å². The fraction of sp³-hybridized carbons (Fsp3) is 0.364. The molecule has 2 N–H and O–H groups in total. The smallest absolute Gasteiger partial charge is 0.308 e. The first-order chi connectivity index (χ1) is 7.58. The van der Waals surface area contributed by atoms with Crippen LogP contribution in [0.1, 0.15) is 12.8 Å². The lowest BCUT2D eigenvalue weighted by Gasteiger charge is -2.34. The molecule has 0 spiro atoms. The number of carbonyl (C=O) groups is 1. The van der Waals surface area contributed by atoms with Crippen molar-refractivity contribution in [2.75, 3.05) is 5.32 Å². The number of rotatable bonds is 3. The maximum absolute atomic E-state index is 13.4.